The van der Waals surface area contributed by atoms with E-state index in [0.29, 0.717) is 6.54 Å². The van der Waals surface area contributed by atoms with Gasteiger partial charge in [-0.1, -0.05) is 31.5 Å². The second-order valence-corrected chi connectivity index (χ2v) is 5.56. The molecule has 0 fully saturated rings. The number of hydrogen-bond donors (Lipinski definition) is 2. The number of fused-ring (bicyclic) bond motifs is 1. The summed E-state index contributed by atoms with van der Waals surface area (Å²) in [4.78, 5) is 8.64. The van der Waals surface area contributed by atoms with Crippen LogP contribution in [0.3, 0.4) is 0 Å². The molecule has 3 rings (SSSR count). The van der Waals surface area contributed by atoms with Gasteiger partial charge in [-0.15, -0.1) is 0 Å². The summed E-state index contributed by atoms with van der Waals surface area (Å²) in [6.45, 7) is 3.56. The van der Waals surface area contributed by atoms with Crippen molar-refractivity contribution in [3.8, 4) is 5.75 Å². The van der Waals surface area contributed by atoms with Crippen molar-refractivity contribution < 1.29 is 4.74 Å². The summed E-state index contributed by atoms with van der Waals surface area (Å²) in [5, 5.41) is 7.81. The van der Waals surface area contributed by atoms with E-state index >= 15 is 0 Å². The highest BCUT2D eigenvalue weighted by molar-refractivity contribution is 5.86. The Kier molecular flexibility index (Phi) is 4.79. The number of nitrogens with two attached hydrogens (primary N) is 1. The SMILES string of the molecule is CCCCNc1nc(N)nc2cnn(Cc3ccccc3OC)c12. The lowest BCUT2D eigenvalue weighted by atomic mass is 10.2. The molecule has 1 aromatic carbocycles. The first-order chi connectivity index (χ1) is 11.7. The summed E-state index contributed by atoms with van der Waals surface area (Å²) < 4.78 is 7.30. The Bertz CT molecular complexity index is 829. The second kappa shape index (κ2) is 7.16. The molecule has 0 aliphatic heterocycles. The number of nitrogens with zero attached hydrogens (tertiary/aromatic N) is 4. The van der Waals surface area contributed by atoms with Crippen LogP contribution in [-0.4, -0.2) is 33.4 Å². The summed E-state index contributed by atoms with van der Waals surface area (Å²) in [6, 6.07) is 7.90. The Morgan fingerprint density at radius 3 is 2.88 bits per heavy atom. The molecule has 0 aliphatic rings. The number of aromatic nitrogens is 4. The molecule has 0 radical (unpaired) electrons. The Morgan fingerprint density at radius 1 is 1.25 bits per heavy atom. The van der Waals surface area contributed by atoms with E-state index < -0.39 is 0 Å². The molecule has 0 bridgehead atoms. The van der Waals surface area contributed by atoms with Crippen molar-refractivity contribution in [2.75, 3.05) is 24.7 Å². The van der Waals surface area contributed by atoms with E-state index in [1.165, 1.54) is 0 Å². The summed E-state index contributed by atoms with van der Waals surface area (Å²) in [7, 11) is 1.67. The first-order valence-corrected chi connectivity index (χ1v) is 8.07. The van der Waals surface area contributed by atoms with E-state index in [1.807, 2.05) is 28.9 Å². The van der Waals surface area contributed by atoms with E-state index in [-0.39, 0.29) is 5.95 Å². The molecular weight excluding hydrogens is 304 g/mol. The van der Waals surface area contributed by atoms with E-state index in [0.717, 1.165) is 47.6 Å². The van der Waals surface area contributed by atoms with Crippen molar-refractivity contribution >= 4 is 22.8 Å². The normalized spacial score (nSPS) is 10.9. The van der Waals surface area contributed by atoms with Crippen LogP contribution in [0.15, 0.2) is 30.5 Å². The average molecular weight is 326 g/mol. The van der Waals surface area contributed by atoms with Crippen LogP contribution in [0, 0.1) is 0 Å². The Balaban J connectivity index is 1.99. The highest BCUT2D eigenvalue weighted by Gasteiger charge is 2.14. The number of ether oxygens (including phenoxy) is 1. The Morgan fingerprint density at radius 2 is 2.08 bits per heavy atom. The minimum absolute atomic E-state index is 0.248. The average Bonchev–Trinajstić information content (AvgIpc) is 2.98. The molecule has 3 N–H and O–H groups in total. The van der Waals surface area contributed by atoms with E-state index in [9.17, 15) is 0 Å². The van der Waals surface area contributed by atoms with Crippen molar-refractivity contribution in [2.24, 2.45) is 0 Å². The lowest BCUT2D eigenvalue weighted by molar-refractivity contribution is 0.407. The summed E-state index contributed by atoms with van der Waals surface area (Å²) in [5.74, 6) is 1.80. The third kappa shape index (κ3) is 3.24. The number of rotatable bonds is 7. The van der Waals surface area contributed by atoms with Crippen LogP contribution in [0.25, 0.3) is 11.0 Å². The van der Waals surface area contributed by atoms with Gasteiger partial charge in [-0.05, 0) is 12.5 Å². The van der Waals surface area contributed by atoms with Gasteiger partial charge in [0, 0.05) is 12.1 Å². The van der Waals surface area contributed by atoms with Gasteiger partial charge in [-0.3, -0.25) is 4.68 Å². The van der Waals surface area contributed by atoms with Gasteiger partial charge < -0.3 is 15.8 Å². The molecule has 126 valence electrons. The topological polar surface area (TPSA) is 90.9 Å². The van der Waals surface area contributed by atoms with Crippen LogP contribution in [-0.2, 0) is 6.54 Å². The zero-order valence-electron chi connectivity index (χ0n) is 14.0. The fourth-order valence-corrected chi connectivity index (χ4v) is 2.64. The summed E-state index contributed by atoms with van der Waals surface area (Å²) in [6.07, 6.45) is 3.89. The molecular formula is C17H22N6O. The fourth-order valence-electron chi connectivity index (χ4n) is 2.64. The summed E-state index contributed by atoms with van der Waals surface area (Å²) >= 11 is 0. The molecule has 0 saturated carbocycles. The van der Waals surface area contributed by atoms with E-state index in [1.54, 1.807) is 13.3 Å². The third-order valence-electron chi connectivity index (χ3n) is 3.84. The lowest BCUT2D eigenvalue weighted by Crippen LogP contribution is -2.10. The van der Waals surface area contributed by atoms with Crippen molar-refractivity contribution in [1.29, 1.82) is 0 Å². The Hall–Kier alpha value is -2.83. The fraction of sp³-hybridized carbons (Fsp3) is 0.353. The number of benzene rings is 1. The van der Waals surface area contributed by atoms with Crippen LogP contribution in [0.5, 0.6) is 5.75 Å². The van der Waals surface area contributed by atoms with Gasteiger partial charge in [0.05, 0.1) is 19.9 Å². The molecule has 0 atom stereocenters. The zero-order chi connectivity index (χ0) is 16.9. The molecule has 7 nitrogen and oxygen atoms in total. The van der Waals surface area contributed by atoms with Crippen molar-refractivity contribution in [1.82, 2.24) is 19.7 Å². The van der Waals surface area contributed by atoms with Gasteiger partial charge >= 0.3 is 0 Å². The van der Waals surface area contributed by atoms with Crippen LogP contribution in [0.4, 0.5) is 11.8 Å². The van der Waals surface area contributed by atoms with Crippen LogP contribution in [0.1, 0.15) is 25.3 Å². The number of nitrogens with one attached hydrogen (secondary N) is 1. The van der Waals surface area contributed by atoms with Crippen LogP contribution in [0.2, 0.25) is 0 Å². The van der Waals surface area contributed by atoms with Gasteiger partial charge in [0.1, 0.15) is 16.8 Å². The highest BCUT2D eigenvalue weighted by atomic mass is 16.5. The van der Waals surface area contributed by atoms with Gasteiger partial charge in [-0.25, -0.2) is 4.98 Å². The maximum atomic E-state index is 5.82. The van der Waals surface area contributed by atoms with Gasteiger partial charge in [0.25, 0.3) is 0 Å². The first kappa shape index (κ1) is 16.0. The van der Waals surface area contributed by atoms with Crippen molar-refractivity contribution in [3.63, 3.8) is 0 Å². The molecule has 0 unspecified atom stereocenters. The molecule has 24 heavy (non-hydrogen) atoms. The predicted molar refractivity (Wildman–Crippen MR) is 95.2 cm³/mol. The van der Waals surface area contributed by atoms with Crippen LogP contribution < -0.4 is 15.8 Å². The quantitative estimate of drug-likeness (QED) is 0.649. The zero-order valence-corrected chi connectivity index (χ0v) is 14.0. The van der Waals surface area contributed by atoms with Gasteiger partial charge in [0.2, 0.25) is 5.95 Å². The molecule has 3 aromatic rings. The molecule has 7 heteroatoms. The Labute approximate surface area is 140 Å². The maximum absolute atomic E-state index is 5.82. The monoisotopic (exact) mass is 326 g/mol. The minimum Gasteiger partial charge on any atom is -0.496 e. The van der Waals surface area contributed by atoms with Crippen molar-refractivity contribution in [2.45, 2.75) is 26.3 Å². The maximum Gasteiger partial charge on any atom is 0.222 e. The van der Waals surface area contributed by atoms with Crippen molar-refractivity contribution in [3.05, 3.63) is 36.0 Å². The first-order valence-electron chi connectivity index (χ1n) is 8.07. The number of methoxy groups -OCH3 is 1. The number of nitrogen functional groups attached to an aromatic ring is 1. The predicted octanol–water partition coefficient (Wildman–Crippen LogP) is 2.68. The molecule has 0 amide bonds. The van der Waals surface area contributed by atoms with E-state index in [4.69, 9.17) is 10.5 Å². The highest BCUT2D eigenvalue weighted by Crippen LogP contribution is 2.24. The molecule has 0 aliphatic carbocycles. The van der Waals surface area contributed by atoms with Gasteiger partial charge in [0.15, 0.2) is 5.82 Å². The minimum atomic E-state index is 0.248. The smallest absolute Gasteiger partial charge is 0.222 e. The van der Waals surface area contributed by atoms with E-state index in [2.05, 4.69) is 27.3 Å². The molecule has 0 saturated heterocycles. The van der Waals surface area contributed by atoms with Crippen LogP contribution >= 0.6 is 0 Å². The molecule has 0 spiro atoms. The number of hydrogen-bond acceptors (Lipinski definition) is 6. The lowest BCUT2D eigenvalue weighted by Gasteiger charge is -2.12. The van der Waals surface area contributed by atoms with Gasteiger partial charge in [-0.2, -0.15) is 10.1 Å². The number of unbranched alkanes of at least 4 members (excludes halogenated alkanes) is 1. The number of para-hydroxylation sites is 1. The standard InChI is InChI=1S/C17H22N6O/c1-3-4-9-19-16-15-13(21-17(18)22-16)10-20-23(15)11-12-7-5-6-8-14(12)24-2/h5-8,10H,3-4,9,11H2,1-2H3,(H3,18,19,21,22). The largest absolute Gasteiger partial charge is 0.496 e. The third-order valence-corrected chi connectivity index (χ3v) is 3.84. The second-order valence-electron chi connectivity index (χ2n) is 5.56. The molecule has 2 heterocycles. The number of anilines is 2. The molecule has 2 aromatic heterocycles. The summed E-state index contributed by atoms with van der Waals surface area (Å²) in [5.41, 5.74) is 8.45.